The third-order valence-electron chi connectivity index (χ3n) is 3.71. The Labute approximate surface area is 121 Å². The van der Waals surface area contributed by atoms with Crippen LogP contribution in [0.5, 0.6) is 0 Å². The first-order valence-electron chi connectivity index (χ1n) is 6.62. The van der Waals surface area contributed by atoms with Crippen molar-refractivity contribution in [2.24, 2.45) is 0 Å². The van der Waals surface area contributed by atoms with Gasteiger partial charge in [0.15, 0.2) is 0 Å². The fourth-order valence-electron chi connectivity index (χ4n) is 2.60. The summed E-state index contributed by atoms with van der Waals surface area (Å²) < 4.78 is 0. The quantitative estimate of drug-likeness (QED) is 0.904. The fraction of sp³-hybridized carbons (Fsp3) is 0.533. The van der Waals surface area contributed by atoms with Crippen molar-refractivity contribution < 1.29 is 4.79 Å². The van der Waals surface area contributed by atoms with Gasteiger partial charge in [0.25, 0.3) is 5.91 Å². The number of hydrogen-bond donors (Lipinski definition) is 1. The molecule has 1 aliphatic rings. The Morgan fingerprint density at radius 1 is 1.26 bits per heavy atom. The molecule has 2 rings (SSSR count). The van der Waals surface area contributed by atoms with Gasteiger partial charge in [0.05, 0.1) is 0 Å². The van der Waals surface area contributed by atoms with E-state index in [1.54, 1.807) is 19.0 Å². The fourth-order valence-corrected chi connectivity index (χ4v) is 2.60. The predicted octanol–water partition coefficient (Wildman–Crippen LogP) is 2.59. The standard InChI is InChI=1S/C15H22N2O.ClH/c1-11-4-5-13(15(18)17(2)3)10-14(11)12-6-8-16-9-7-12;/h4-5,10,12,16H,6-9H2,1-3H3;1H. The van der Waals surface area contributed by atoms with E-state index < -0.39 is 0 Å². The molecule has 1 aliphatic heterocycles. The van der Waals surface area contributed by atoms with Crippen LogP contribution in [0, 0.1) is 6.92 Å². The van der Waals surface area contributed by atoms with Crippen LogP contribution in [0.2, 0.25) is 0 Å². The highest BCUT2D eigenvalue weighted by atomic mass is 35.5. The maximum absolute atomic E-state index is 12.0. The third kappa shape index (κ3) is 3.71. The highest BCUT2D eigenvalue weighted by Crippen LogP contribution is 2.28. The van der Waals surface area contributed by atoms with Crippen molar-refractivity contribution in [3.63, 3.8) is 0 Å². The number of nitrogens with zero attached hydrogens (tertiary/aromatic N) is 1. The first-order chi connectivity index (χ1) is 8.59. The van der Waals surface area contributed by atoms with Gasteiger partial charge in [-0.2, -0.15) is 0 Å². The van der Waals surface area contributed by atoms with Crippen molar-refractivity contribution in [3.05, 3.63) is 34.9 Å². The number of carbonyl (C=O) groups excluding carboxylic acids is 1. The maximum Gasteiger partial charge on any atom is 0.253 e. The highest BCUT2D eigenvalue weighted by molar-refractivity contribution is 5.94. The molecule has 0 aromatic heterocycles. The third-order valence-corrected chi connectivity index (χ3v) is 3.71. The molecule has 1 fully saturated rings. The second-order valence-electron chi connectivity index (χ2n) is 5.30. The van der Waals surface area contributed by atoms with Crippen LogP contribution in [0.4, 0.5) is 0 Å². The Morgan fingerprint density at radius 3 is 2.47 bits per heavy atom. The van der Waals surface area contributed by atoms with Gasteiger partial charge in [0.1, 0.15) is 0 Å². The molecule has 0 aliphatic carbocycles. The summed E-state index contributed by atoms with van der Waals surface area (Å²) in [5.74, 6) is 0.686. The molecule has 1 aromatic rings. The number of benzene rings is 1. The second kappa shape index (κ2) is 6.92. The number of piperidine rings is 1. The summed E-state index contributed by atoms with van der Waals surface area (Å²) >= 11 is 0. The molecule has 4 heteroatoms. The van der Waals surface area contributed by atoms with Crippen LogP contribution in [0.3, 0.4) is 0 Å². The maximum atomic E-state index is 12.0. The largest absolute Gasteiger partial charge is 0.345 e. The summed E-state index contributed by atoms with van der Waals surface area (Å²) in [7, 11) is 3.60. The van der Waals surface area contributed by atoms with Crippen molar-refractivity contribution >= 4 is 18.3 Å². The summed E-state index contributed by atoms with van der Waals surface area (Å²) in [5, 5.41) is 3.38. The van der Waals surface area contributed by atoms with Crippen LogP contribution < -0.4 is 5.32 Å². The van der Waals surface area contributed by atoms with Gasteiger partial charge in [-0.3, -0.25) is 4.79 Å². The van der Waals surface area contributed by atoms with Gasteiger partial charge in [-0.15, -0.1) is 12.4 Å². The summed E-state index contributed by atoms with van der Waals surface area (Å²) in [6, 6.07) is 6.10. The molecule has 106 valence electrons. The average Bonchev–Trinajstić information content (AvgIpc) is 2.39. The van der Waals surface area contributed by atoms with E-state index in [4.69, 9.17) is 0 Å². The van der Waals surface area contributed by atoms with Crippen LogP contribution in [-0.2, 0) is 0 Å². The topological polar surface area (TPSA) is 32.3 Å². The Bertz CT molecular complexity index is 440. The van der Waals surface area contributed by atoms with E-state index in [0.29, 0.717) is 5.92 Å². The van der Waals surface area contributed by atoms with Gasteiger partial charge in [-0.05, 0) is 62.0 Å². The lowest BCUT2D eigenvalue weighted by atomic mass is 9.86. The number of carbonyl (C=O) groups is 1. The van der Waals surface area contributed by atoms with Crippen molar-refractivity contribution in [2.75, 3.05) is 27.2 Å². The van der Waals surface area contributed by atoms with Crippen LogP contribution in [0.15, 0.2) is 18.2 Å². The minimum Gasteiger partial charge on any atom is -0.345 e. The van der Waals surface area contributed by atoms with Crippen molar-refractivity contribution in [2.45, 2.75) is 25.7 Å². The zero-order valence-electron chi connectivity index (χ0n) is 11.9. The van der Waals surface area contributed by atoms with E-state index in [1.807, 2.05) is 6.07 Å². The van der Waals surface area contributed by atoms with Crippen LogP contribution in [-0.4, -0.2) is 38.0 Å². The van der Waals surface area contributed by atoms with Crippen molar-refractivity contribution in [3.8, 4) is 0 Å². The van der Waals surface area contributed by atoms with E-state index in [9.17, 15) is 4.79 Å². The van der Waals surface area contributed by atoms with Crippen molar-refractivity contribution in [1.29, 1.82) is 0 Å². The molecule has 3 nitrogen and oxygen atoms in total. The molecule has 0 atom stereocenters. The molecule has 19 heavy (non-hydrogen) atoms. The first kappa shape index (κ1) is 16.0. The van der Waals surface area contributed by atoms with Crippen LogP contribution >= 0.6 is 12.4 Å². The monoisotopic (exact) mass is 282 g/mol. The van der Waals surface area contributed by atoms with Gasteiger partial charge in [0, 0.05) is 19.7 Å². The van der Waals surface area contributed by atoms with Gasteiger partial charge >= 0.3 is 0 Å². The smallest absolute Gasteiger partial charge is 0.253 e. The molecule has 0 unspecified atom stereocenters. The van der Waals surface area contributed by atoms with E-state index in [2.05, 4.69) is 24.4 Å². The number of hydrogen-bond acceptors (Lipinski definition) is 2. The van der Waals surface area contributed by atoms with Crippen molar-refractivity contribution in [1.82, 2.24) is 10.2 Å². The summed E-state index contributed by atoms with van der Waals surface area (Å²) in [4.78, 5) is 13.6. The number of aryl methyl sites for hydroxylation is 1. The number of amides is 1. The van der Waals surface area contributed by atoms with E-state index in [0.717, 1.165) is 18.7 Å². The minimum atomic E-state index is 0. The lowest BCUT2D eigenvalue weighted by Gasteiger charge is -2.25. The van der Waals surface area contributed by atoms with Gasteiger partial charge in [-0.25, -0.2) is 0 Å². The lowest BCUT2D eigenvalue weighted by molar-refractivity contribution is 0.0827. The van der Waals surface area contributed by atoms with E-state index in [-0.39, 0.29) is 18.3 Å². The molecule has 0 spiro atoms. The van der Waals surface area contributed by atoms with Crippen LogP contribution in [0.1, 0.15) is 40.2 Å². The highest BCUT2D eigenvalue weighted by Gasteiger charge is 2.18. The lowest BCUT2D eigenvalue weighted by Crippen LogP contribution is -2.27. The van der Waals surface area contributed by atoms with Gasteiger partial charge < -0.3 is 10.2 Å². The minimum absolute atomic E-state index is 0. The van der Waals surface area contributed by atoms with E-state index in [1.165, 1.54) is 24.0 Å². The molecule has 0 bridgehead atoms. The first-order valence-corrected chi connectivity index (χ1v) is 6.62. The second-order valence-corrected chi connectivity index (χ2v) is 5.30. The summed E-state index contributed by atoms with van der Waals surface area (Å²) in [6.45, 7) is 4.30. The molecule has 0 radical (unpaired) electrons. The molecule has 1 amide bonds. The summed E-state index contributed by atoms with van der Waals surface area (Å²) in [5.41, 5.74) is 3.46. The zero-order chi connectivity index (χ0) is 13.1. The molecule has 0 saturated carbocycles. The molecule has 1 saturated heterocycles. The average molecular weight is 283 g/mol. The Morgan fingerprint density at radius 2 is 1.89 bits per heavy atom. The SMILES string of the molecule is Cc1ccc(C(=O)N(C)C)cc1C1CCNCC1.Cl. The normalized spacial score (nSPS) is 15.7. The molecular formula is C15H23ClN2O. The number of halogens is 1. The van der Waals surface area contributed by atoms with Gasteiger partial charge in [0.2, 0.25) is 0 Å². The number of nitrogens with one attached hydrogen (secondary N) is 1. The Kier molecular flexibility index (Phi) is 5.83. The van der Waals surface area contributed by atoms with Crippen LogP contribution in [0.25, 0.3) is 0 Å². The molecular weight excluding hydrogens is 260 g/mol. The zero-order valence-corrected chi connectivity index (χ0v) is 12.7. The Hall–Kier alpha value is -1.06. The molecule has 1 aromatic carbocycles. The predicted molar refractivity (Wildman–Crippen MR) is 81.3 cm³/mol. The van der Waals surface area contributed by atoms with Gasteiger partial charge in [-0.1, -0.05) is 6.07 Å². The summed E-state index contributed by atoms with van der Waals surface area (Å²) in [6.07, 6.45) is 2.33. The molecule has 1 heterocycles. The Balaban J connectivity index is 0.00000180. The molecule has 1 N–H and O–H groups in total. The van der Waals surface area contributed by atoms with E-state index >= 15 is 0 Å². The number of rotatable bonds is 2.